The van der Waals surface area contributed by atoms with Crippen LogP contribution in [0.25, 0.3) is 16.6 Å². The fourth-order valence-corrected chi connectivity index (χ4v) is 3.75. The third kappa shape index (κ3) is 16.5. The Hall–Kier alpha value is -3.36. The molecule has 0 spiro atoms. The van der Waals surface area contributed by atoms with Gasteiger partial charge in [-0.25, -0.2) is 0 Å². The van der Waals surface area contributed by atoms with Gasteiger partial charge in [-0.3, -0.25) is 0 Å². The molecule has 0 saturated carbocycles. The number of halogens is 3. The number of nitrogens with two attached hydrogens (primary N) is 2. The van der Waals surface area contributed by atoms with E-state index in [1.165, 1.54) is 40.7 Å². The second kappa shape index (κ2) is 27.2. The number of alkyl halides is 3. The van der Waals surface area contributed by atoms with Crippen LogP contribution in [0.5, 0.6) is 0 Å². The Kier molecular flexibility index (Phi) is 27.9. The molecule has 1 aliphatic heterocycles. The molecule has 1 aromatic heterocycles. The van der Waals surface area contributed by atoms with Crippen LogP contribution in [-0.4, -0.2) is 44.8 Å². The molecule has 0 bridgehead atoms. The van der Waals surface area contributed by atoms with Crippen LogP contribution in [0.4, 0.5) is 13.2 Å². The fraction of sp³-hybridized carbons (Fsp3) is 0.417. The van der Waals surface area contributed by atoms with Crippen molar-refractivity contribution in [3.05, 3.63) is 103 Å². The topological polar surface area (TPSA) is 59.6 Å². The number of quaternary nitrogens is 1. The molecule has 1 aliphatic rings. The van der Waals surface area contributed by atoms with E-state index in [9.17, 15) is 13.2 Å². The zero-order chi connectivity index (χ0) is 34.7. The van der Waals surface area contributed by atoms with E-state index in [0.29, 0.717) is 0 Å². The summed E-state index contributed by atoms with van der Waals surface area (Å²) in [6, 6.07) is 17.6. The molecule has 0 fully saturated rings. The van der Waals surface area contributed by atoms with Gasteiger partial charge in [0.1, 0.15) is 6.54 Å². The quantitative estimate of drug-likeness (QED) is 0.203. The van der Waals surface area contributed by atoms with Gasteiger partial charge in [-0.15, -0.1) is 13.2 Å². The van der Waals surface area contributed by atoms with Gasteiger partial charge in [0.05, 0.1) is 6.54 Å². The molecular weight excluding hydrogens is 556 g/mol. The first-order valence-electron chi connectivity index (χ1n) is 15.3. The maximum atomic E-state index is 11.1. The zero-order valence-electron chi connectivity index (χ0n) is 28.4. The third-order valence-electron chi connectivity index (χ3n) is 5.85. The molecule has 2 heterocycles. The summed E-state index contributed by atoms with van der Waals surface area (Å²) in [6.45, 7) is 30.8. The molecule has 0 atom stereocenters. The molecule has 44 heavy (non-hydrogen) atoms. The minimum absolute atomic E-state index is 0.757. The van der Waals surface area contributed by atoms with Crippen LogP contribution in [0.1, 0.15) is 76.8 Å². The van der Waals surface area contributed by atoms with Crippen LogP contribution in [-0.2, 0) is 19.5 Å². The molecule has 0 unspecified atom stereocenters. The predicted octanol–water partition coefficient (Wildman–Crippen LogP) is 7.81. The number of nitrogens with one attached hydrogen (secondary N) is 1. The van der Waals surface area contributed by atoms with Crippen molar-refractivity contribution in [2.24, 2.45) is 5.73 Å². The molecule has 5 N–H and O–H groups in total. The number of rotatable bonds is 5. The van der Waals surface area contributed by atoms with E-state index < -0.39 is 11.7 Å². The summed E-state index contributed by atoms with van der Waals surface area (Å²) in [4.78, 5) is 0. The van der Waals surface area contributed by atoms with Gasteiger partial charge in [-0.1, -0.05) is 96.7 Å². The summed E-state index contributed by atoms with van der Waals surface area (Å²) in [5.41, 5.74) is 12.1. The Morgan fingerprint density at radius 2 is 1.48 bits per heavy atom. The van der Waals surface area contributed by atoms with E-state index in [4.69, 9.17) is 5.73 Å². The summed E-state index contributed by atoms with van der Waals surface area (Å²) in [7, 11) is 6.16. The van der Waals surface area contributed by atoms with Crippen LogP contribution in [0, 0.1) is 0 Å². The van der Waals surface area contributed by atoms with E-state index in [2.05, 4.69) is 125 Å². The van der Waals surface area contributed by atoms with E-state index in [0.717, 1.165) is 50.7 Å². The zero-order valence-corrected chi connectivity index (χ0v) is 28.4. The Bertz CT molecular complexity index is 1160. The predicted molar refractivity (Wildman–Crippen MR) is 191 cm³/mol. The average molecular weight is 615 g/mol. The first kappa shape index (κ1) is 45.1. The Labute approximate surface area is 267 Å². The van der Waals surface area contributed by atoms with Crippen LogP contribution in [0.15, 0.2) is 80.4 Å². The summed E-state index contributed by atoms with van der Waals surface area (Å²) in [5.74, 6) is 0. The van der Waals surface area contributed by atoms with Crippen LogP contribution >= 0.6 is 0 Å². The summed E-state index contributed by atoms with van der Waals surface area (Å²) in [5, 5.41) is 6.94. The molecule has 3 aromatic rings. The Balaban J connectivity index is -0.000000700. The molecule has 0 amide bonds. The summed E-state index contributed by atoms with van der Waals surface area (Å²) >= 11 is 0. The molecule has 4 nitrogen and oxygen atoms in total. The van der Waals surface area contributed by atoms with Crippen LogP contribution < -0.4 is 16.4 Å². The number of hydrogen-bond acceptors (Lipinski definition) is 2. The molecule has 0 saturated heterocycles. The third-order valence-corrected chi connectivity index (χ3v) is 5.85. The van der Waals surface area contributed by atoms with E-state index in [1.54, 1.807) is 0 Å². The number of allylic oxidation sites excluding steroid dienone is 1. The van der Waals surface area contributed by atoms with E-state index in [1.807, 2.05) is 20.9 Å². The van der Waals surface area contributed by atoms with Crippen molar-refractivity contribution < 1.29 is 18.5 Å². The monoisotopic (exact) mass is 614 g/mol. The van der Waals surface area contributed by atoms with Crippen molar-refractivity contribution in [2.75, 3.05) is 20.1 Å². The van der Waals surface area contributed by atoms with Gasteiger partial charge in [0.2, 0.25) is 0 Å². The van der Waals surface area contributed by atoms with Crippen molar-refractivity contribution in [3.63, 3.8) is 0 Å². The van der Waals surface area contributed by atoms with Crippen molar-refractivity contribution in [3.8, 4) is 0 Å². The average Bonchev–Trinajstić information content (AvgIpc) is 3.37. The van der Waals surface area contributed by atoms with Crippen molar-refractivity contribution >= 4 is 30.6 Å². The van der Waals surface area contributed by atoms with Gasteiger partial charge in [-0.2, -0.15) is 13.2 Å². The molecule has 4 rings (SSSR count). The van der Waals surface area contributed by atoms with Gasteiger partial charge >= 0.3 is 20.1 Å². The Morgan fingerprint density at radius 3 is 1.91 bits per heavy atom. The number of hydrogen-bond donors (Lipinski definition) is 3. The van der Waals surface area contributed by atoms with Gasteiger partial charge in [0.25, 0.3) is 0 Å². The van der Waals surface area contributed by atoms with Crippen LogP contribution in [0.3, 0.4) is 0 Å². The van der Waals surface area contributed by atoms with Crippen molar-refractivity contribution in [1.29, 1.82) is 0 Å². The SMILES string of the molecule is C=C.C=C(C)C(F)(F)F.C=C(NC)c1ccc(Cn2c3c(c4ccccc42)C[NH2+]CC3)cc1.CC.CCC.CCCN.[B]=C. The first-order chi connectivity index (χ1) is 21.0. The minimum atomic E-state index is -4.19. The van der Waals surface area contributed by atoms with E-state index >= 15 is 0 Å². The standard InChI is InChI=1S/C21H23N3.C4H5F3.C3H9N.C3H8.C2H6.C2H4.CH2B/c1-15(22-2)17-9-7-16(8-10-17)14-24-20-6-4-3-5-18(20)19-13-23-12-11-21(19)24;1-3(2)4(5,6)7;1-2-3-4;1-3-2;3*1-2/h3-10,22-23H,1,11-14H2,2H3;1H2,2H3;2-4H2,1H3;3H2,1-2H3;1-2H3;1-2H2;1H2/p+1. The van der Waals surface area contributed by atoms with Gasteiger partial charge in [-0.05, 0) is 37.1 Å². The van der Waals surface area contributed by atoms with Crippen molar-refractivity contribution in [2.45, 2.75) is 80.1 Å². The number of nitrogens with zero attached hydrogens (tertiary/aromatic N) is 1. The molecule has 2 aromatic carbocycles. The number of para-hydroxylation sites is 1. The summed E-state index contributed by atoms with van der Waals surface area (Å²) in [6.07, 6.45) is -0.696. The molecule has 8 heteroatoms. The Morgan fingerprint density at radius 1 is 1.00 bits per heavy atom. The van der Waals surface area contributed by atoms with Gasteiger partial charge < -0.3 is 20.9 Å². The molecule has 0 aliphatic carbocycles. The second-order valence-electron chi connectivity index (χ2n) is 9.26. The van der Waals surface area contributed by atoms with Gasteiger partial charge in [0.15, 0.2) is 0 Å². The van der Waals surface area contributed by atoms with E-state index in [-0.39, 0.29) is 0 Å². The number of fused-ring (bicyclic) bond motifs is 3. The molecular formula is C36H58BF3N4+. The fourth-order valence-electron chi connectivity index (χ4n) is 3.75. The number of aromatic nitrogens is 1. The second-order valence-corrected chi connectivity index (χ2v) is 9.26. The molecule has 245 valence electrons. The van der Waals surface area contributed by atoms with Crippen LogP contribution in [0.2, 0.25) is 0 Å². The molecule has 1 radical (unpaired) electrons. The summed E-state index contributed by atoms with van der Waals surface area (Å²) < 4.78 is 35.7. The normalized spacial score (nSPS) is 10.7. The van der Waals surface area contributed by atoms with Crippen molar-refractivity contribution in [1.82, 2.24) is 9.88 Å². The number of benzene rings is 2. The maximum absolute atomic E-state index is 11.1. The van der Waals surface area contributed by atoms with Gasteiger partial charge in [0, 0.05) is 53.4 Å². The first-order valence-corrected chi connectivity index (χ1v) is 15.3.